The van der Waals surface area contributed by atoms with Crippen molar-refractivity contribution in [2.24, 2.45) is 0 Å². The van der Waals surface area contributed by atoms with Gasteiger partial charge in [0.1, 0.15) is 5.82 Å². The van der Waals surface area contributed by atoms with E-state index in [-0.39, 0.29) is 35.7 Å². The molecule has 5 nitrogen and oxygen atoms in total. The van der Waals surface area contributed by atoms with Gasteiger partial charge in [0.05, 0.1) is 17.4 Å². The molecule has 1 N–H and O–H groups in total. The standard InChI is InChI=1S/C19H14F4N2O3/c20-13-6-2-1-5-12(13)16-11-24-18(27-16)10-9-17(26)25-14-7-3-4-8-15(14)28-19(21,22)23/h1-8,11H,9-10H2,(H,25,26). The molecule has 0 atom stereocenters. The number of carbonyl (C=O) groups is 1. The molecular weight excluding hydrogens is 380 g/mol. The van der Waals surface area contributed by atoms with Crippen LogP contribution >= 0.6 is 0 Å². The van der Waals surface area contributed by atoms with E-state index >= 15 is 0 Å². The van der Waals surface area contributed by atoms with Crippen LogP contribution in [-0.4, -0.2) is 17.3 Å². The largest absolute Gasteiger partial charge is 0.573 e. The molecule has 0 unspecified atom stereocenters. The Kier molecular flexibility index (Phi) is 5.62. The van der Waals surface area contributed by atoms with Gasteiger partial charge in [0.25, 0.3) is 0 Å². The van der Waals surface area contributed by atoms with E-state index in [2.05, 4.69) is 15.0 Å². The third kappa shape index (κ3) is 5.09. The second kappa shape index (κ2) is 8.12. The van der Waals surface area contributed by atoms with E-state index in [4.69, 9.17) is 4.42 Å². The molecule has 0 fully saturated rings. The zero-order valence-corrected chi connectivity index (χ0v) is 14.3. The lowest BCUT2D eigenvalue weighted by atomic mass is 10.2. The highest BCUT2D eigenvalue weighted by molar-refractivity contribution is 5.92. The number of hydrogen-bond acceptors (Lipinski definition) is 4. The Bertz CT molecular complexity index is 970. The van der Waals surface area contributed by atoms with Crippen LogP contribution in [-0.2, 0) is 11.2 Å². The van der Waals surface area contributed by atoms with Gasteiger partial charge >= 0.3 is 6.36 Å². The summed E-state index contributed by atoms with van der Waals surface area (Å²) in [5.74, 6) is -1.11. The molecule has 0 saturated heterocycles. The number of aromatic nitrogens is 1. The van der Waals surface area contributed by atoms with Gasteiger partial charge in [-0.1, -0.05) is 24.3 Å². The normalized spacial score (nSPS) is 11.3. The smallest absolute Gasteiger partial charge is 0.441 e. The molecule has 0 aliphatic carbocycles. The lowest BCUT2D eigenvalue weighted by Gasteiger charge is -2.13. The highest BCUT2D eigenvalue weighted by atomic mass is 19.4. The summed E-state index contributed by atoms with van der Waals surface area (Å²) in [4.78, 5) is 16.0. The molecule has 1 heterocycles. The summed E-state index contributed by atoms with van der Waals surface area (Å²) >= 11 is 0. The number of rotatable bonds is 6. The van der Waals surface area contributed by atoms with Gasteiger partial charge in [-0.15, -0.1) is 13.2 Å². The molecule has 1 aromatic heterocycles. The first-order valence-corrected chi connectivity index (χ1v) is 8.16. The van der Waals surface area contributed by atoms with E-state index in [1.165, 1.54) is 36.5 Å². The molecule has 2 aromatic carbocycles. The molecule has 0 aliphatic heterocycles. The molecule has 28 heavy (non-hydrogen) atoms. The Hall–Kier alpha value is -3.36. The minimum Gasteiger partial charge on any atom is -0.441 e. The highest BCUT2D eigenvalue weighted by Crippen LogP contribution is 2.30. The van der Waals surface area contributed by atoms with Gasteiger partial charge < -0.3 is 14.5 Å². The first kappa shape index (κ1) is 19.4. The molecule has 0 aliphatic rings. The fourth-order valence-electron chi connectivity index (χ4n) is 2.43. The summed E-state index contributed by atoms with van der Waals surface area (Å²) < 4.78 is 60.3. The molecule has 0 bridgehead atoms. The van der Waals surface area contributed by atoms with Crippen molar-refractivity contribution in [3.63, 3.8) is 0 Å². The van der Waals surface area contributed by atoms with Gasteiger partial charge in [-0.25, -0.2) is 9.37 Å². The molecule has 146 valence electrons. The van der Waals surface area contributed by atoms with Crippen molar-refractivity contribution in [2.45, 2.75) is 19.2 Å². The fraction of sp³-hybridized carbons (Fsp3) is 0.158. The van der Waals surface area contributed by atoms with E-state index in [0.717, 1.165) is 6.07 Å². The maximum Gasteiger partial charge on any atom is 0.573 e. The van der Waals surface area contributed by atoms with Crippen molar-refractivity contribution >= 4 is 11.6 Å². The van der Waals surface area contributed by atoms with Gasteiger partial charge in [0, 0.05) is 12.8 Å². The number of amides is 1. The lowest BCUT2D eigenvalue weighted by Crippen LogP contribution is -2.19. The number of nitrogens with one attached hydrogen (secondary N) is 1. The predicted molar refractivity (Wildman–Crippen MR) is 92.0 cm³/mol. The SMILES string of the molecule is O=C(CCc1ncc(-c2ccccc2F)o1)Nc1ccccc1OC(F)(F)F. The Morgan fingerprint density at radius 3 is 2.57 bits per heavy atom. The number of ether oxygens (including phenoxy) is 1. The van der Waals surface area contributed by atoms with E-state index < -0.39 is 23.8 Å². The maximum absolute atomic E-state index is 13.8. The topological polar surface area (TPSA) is 64.4 Å². The molecule has 3 aromatic rings. The van der Waals surface area contributed by atoms with Gasteiger partial charge in [-0.2, -0.15) is 0 Å². The van der Waals surface area contributed by atoms with Gasteiger partial charge in [0.15, 0.2) is 17.4 Å². The van der Waals surface area contributed by atoms with E-state index in [1.54, 1.807) is 12.1 Å². The Balaban J connectivity index is 1.61. The number of alkyl halides is 3. The average molecular weight is 394 g/mol. The van der Waals surface area contributed by atoms with E-state index in [1.807, 2.05) is 0 Å². The van der Waals surface area contributed by atoms with Crippen LogP contribution < -0.4 is 10.1 Å². The predicted octanol–water partition coefficient (Wildman–Crippen LogP) is 4.95. The first-order chi connectivity index (χ1) is 13.3. The second-order valence-corrected chi connectivity index (χ2v) is 5.69. The third-order valence-corrected chi connectivity index (χ3v) is 3.65. The van der Waals surface area contributed by atoms with Crippen molar-refractivity contribution in [3.05, 3.63) is 66.4 Å². The third-order valence-electron chi connectivity index (χ3n) is 3.65. The van der Waals surface area contributed by atoms with E-state index in [0.29, 0.717) is 0 Å². The van der Waals surface area contributed by atoms with Crippen LogP contribution in [0.2, 0.25) is 0 Å². The van der Waals surface area contributed by atoms with Gasteiger partial charge in [-0.05, 0) is 24.3 Å². The minimum atomic E-state index is -4.87. The van der Waals surface area contributed by atoms with Crippen LogP contribution in [0.25, 0.3) is 11.3 Å². The molecule has 0 spiro atoms. The van der Waals surface area contributed by atoms with Gasteiger partial charge in [0.2, 0.25) is 5.91 Å². The molecule has 0 radical (unpaired) electrons. The lowest BCUT2D eigenvalue weighted by molar-refractivity contribution is -0.274. The van der Waals surface area contributed by atoms with Crippen LogP contribution in [0.5, 0.6) is 5.75 Å². The van der Waals surface area contributed by atoms with Crippen LogP contribution in [0, 0.1) is 5.82 Å². The number of hydrogen-bond donors (Lipinski definition) is 1. The number of benzene rings is 2. The van der Waals surface area contributed by atoms with Crippen LogP contribution in [0.3, 0.4) is 0 Å². The summed E-state index contributed by atoms with van der Waals surface area (Å²) in [6, 6.07) is 11.2. The molecule has 0 saturated carbocycles. The summed E-state index contributed by atoms with van der Waals surface area (Å²) in [5.41, 5.74) is 0.133. The number of carbonyl (C=O) groups excluding carboxylic acids is 1. The number of nitrogens with zero attached hydrogens (tertiary/aromatic N) is 1. The van der Waals surface area contributed by atoms with Crippen LogP contribution in [0.15, 0.2) is 59.1 Å². The fourth-order valence-corrected chi connectivity index (χ4v) is 2.43. The van der Waals surface area contributed by atoms with Crippen molar-refractivity contribution < 1.29 is 31.5 Å². The van der Waals surface area contributed by atoms with Crippen molar-refractivity contribution in [1.82, 2.24) is 4.98 Å². The maximum atomic E-state index is 13.8. The molecule has 3 rings (SSSR count). The molecule has 1 amide bonds. The monoisotopic (exact) mass is 394 g/mol. The Morgan fingerprint density at radius 1 is 1.11 bits per heavy atom. The minimum absolute atomic E-state index is 0.0859. The molecular formula is C19H14F4N2O3. The number of aryl methyl sites for hydroxylation is 1. The van der Waals surface area contributed by atoms with Gasteiger partial charge in [-0.3, -0.25) is 4.79 Å². The zero-order valence-electron chi connectivity index (χ0n) is 14.3. The number of halogens is 4. The number of para-hydroxylation sites is 2. The zero-order chi connectivity index (χ0) is 20.1. The molecule has 9 heteroatoms. The van der Waals surface area contributed by atoms with Crippen molar-refractivity contribution in [3.8, 4) is 17.1 Å². The quantitative estimate of drug-likeness (QED) is 0.601. The number of oxazole rings is 1. The van der Waals surface area contributed by atoms with Crippen molar-refractivity contribution in [2.75, 3.05) is 5.32 Å². The second-order valence-electron chi connectivity index (χ2n) is 5.69. The number of anilines is 1. The average Bonchev–Trinajstić information content (AvgIpc) is 3.10. The summed E-state index contributed by atoms with van der Waals surface area (Å²) in [6.07, 6.45) is -3.54. The van der Waals surface area contributed by atoms with Crippen LogP contribution in [0.4, 0.5) is 23.2 Å². The first-order valence-electron chi connectivity index (χ1n) is 8.16. The van der Waals surface area contributed by atoms with E-state index in [9.17, 15) is 22.4 Å². The highest BCUT2D eigenvalue weighted by Gasteiger charge is 2.32. The van der Waals surface area contributed by atoms with Crippen LogP contribution in [0.1, 0.15) is 12.3 Å². The Labute approximate surface area is 157 Å². The summed E-state index contributed by atoms with van der Waals surface area (Å²) in [6.45, 7) is 0. The summed E-state index contributed by atoms with van der Waals surface area (Å²) in [7, 11) is 0. The Morgan fingerprint density at radius 2 is 1.82 bits per heavy atom. The summed E-state index contributed by atoms with van der Waals surface area (Å²) in [5, 5.41) is 2.36. The van der Waals surface area contributed by atoms with Crippen molar-refractivity contribution in [1.29, 1.82) is 0 Å².